The maximum absolute atomic E-state index is 12.7. The highest BCUT2D eigenvalue weighted by Crippen LogP contribution is 2.11. The molecule has 0 amide bonds. The van der Waals surface area contributed by atoms with Crippen LogP contribution in [0.3, 0.4) is 0 Å². The first-order valence-corrected chi connectivity index (χ1v) is 5.96. The largest absolute Gasteiger partial charge is 0.492 e. The second kappa shape index (κ2) is 5.98. The third-order valence-corrected chi connectivity index (χ3v) is 2.82. The molecule has 0 spiro atoms. The Kier molecular flexibility index (Phi) is 4.34. The van der Waals surface area contributed by atoms with E-state index in [0.717, 1.165) is 26.2 Å². The number of hydrogen-bond donors (Lipinski definition) is 0. The lowest BCUT2D eigenvalue weighted by Gasteiger charge is -2.30. The summed E-state index contributed by atoms with van der Waals surface area (Å²) >= 11 is 0. The van der Waals surface area contributed by atoms with E-state index in [1.54, 1.807) is 12.1 Å². The van der Waals surface area contributed by atoms with Crippen LogP contribution in [0.1, 0.15) is 6.92 Å². The molecule has 1 aliphatic rings. The lowest BCUT2D eigenvalue weighted by Crippen LogP contribution is -2.42. The van der Waals surface area contributed by atoms with Crippen molar-refractivity contribution in [2.45, 2.75) is 13.0 Å². The third-order valence-electron chi connectivity index (χ3n) is 2.82. The Morgan fingerprint density at radius 2 is 2.18 bits per heavy atom. The molecule has 0 unspecified atom stereocenters. The van der Waals surface area contributed by atoms with Crippen molar-refractivity contribution in [1.29, 1.82) is 0 Å². The molecule has 1 aliphatic heterocycles. The molecule has 1 fully saturated rings. The SMILES string of the molecule is C[C@H]1CN(CCOc2ccc(F)cc2)CCO1. The number of morpholine rings is 1. The molecule has 2 rings (SSSR count). The molecule has 1 saturated heterocycles. The Labute approximate surface area is 101 Å². The van der Waals surface area contributed by atoms with Crippen LogP contribution in [0.15, 0.2) is 24.3 Å². The van der Waals surface area contributed by atoms with Crippen LogP contribution in [0.5, 0.6) is 5.75 Å². The van der Waals surface area contributed by atoms with Crippen LogP contribution < -0.4 is 4.74 Å². The van der Waals surface area contributed by atoms with Gasteiger partial charge in [-0.15, -0.1) is 0 Å². The van der Waals surface area contributed by atoms with Crippen molar-refractivity contribution >= 4 is 0 Å². The van der Waals surface area contributed by atoms with Gasteiger partial charge >= 0.3 is 0 Å². The number of hydrogen-bond acceptors (Lipinski definition) is 3. The molecule has 1 aromatic rings. The van der Waals surface area contributed by atoms with Crippen LogP contribution in [0.4, 0.5) is 4.39 Å². The van der Waals surface area contributed by atoms with E-state index in [0.29, 0.717) is 18.5 Å². The van der Waals surface area contributed by atoms with Crippen molar-refractivity contribution in [3.8, 4) is 5.75 Å². The smallest absolute Gasteiger partial charge is 0.123 e. The lowest BCUT2D eigenvalue weighted by molar-refractivity contribution is -0.0214. The van der Waals surface area contributed by atoms with E-state index in [1.807, 2.05) is 0 Å². The average molecular weight is 239 g/mol. The quantitative estimate of drug-likeness (QED) is 0.801. The monoisotopic (exact) mass is 239 g/mol. The molecule has 0 radical (unpaired) electrons. The summed E-state index contributed by atoms with van der Waals surface area (Å²) in [5.41, 5.74) is 0. The van der Waals surface area contributed by atoms with Crippen LogP contribution in [-0.4, -0.2) is 43.9 Å². The van der Waals surface area contributed by atoms with Gasteiger partial charge in [-0.1, -0.05) is 0 Å². The fourth-order valence-electron chi connectivity index (χ4n) is 1.92. The molecule has 1 heterocycles. The number of halogens is 1. The van der Waals surface area contributed by atoms with Crippen molar-refractivity contribution in [3.63, 3.8) is 0 Å². The van der Waals surface area contributed by atoms with Gasteiger partial charge in [0.15, 0.2) is 0 Å². The highest BCUT2D eigenvalue weighted by atomic mass is 19.1. The lowest BCUT2D eigenvalue weighted by atomic mass is 10.3. The van der Waals surface area contributed by atoms with Crippen LogP contribution in [0.25, 0.3) is 0 Å². The highest BCUT2D eigenvalue weighted by molar-refractivity contribution is 5.21. The van der Waals surface area contributed by atoms with Gasteiger partial charge in [0.2, 0.25) is 0 Å². The van der Waals surface area contributed by atoms with E-state index in [9.17, 15) is 4.39 Å². The van der Waals surface area contributed by atoms with Crippen molar-refractivity contribution in [2.75, 3.05) is 32.8 Å². The predicted octanol–water partition coefficient (Wildman–Crippen LogP) is 1.93. The van der Waals surface area contributed by atoms with E-state index in [-0.39, 0.29) is 5.82 Å². The maximum atomic E-state index is 12.7. The molecule has 0 N–H and O–H groups in total. The highest BCUT2D eigenvalue weighted by Gasteiger charge is 2.15. The minimum atomic E-state index is -0.237. The topological polar surface area (TPSA) is 21.7 Å². The minimum Gasteiger partial charge on any atom is -0.492 e. The number of rotatable bonds is 4. The second-order valence-electron chi connectivity index (χ2n) is 4.28. The summed E-state index contributed by atoms with van der Waals surface area (Å²) in [7, 11) is 0. The molecular weight excluding hydrogens is 221 g/mol. The zero-order valence-electron chi connectivity index (χ0n) is 10.1. The van der Waals surface area contributed by atoms with Gasteiger partial charge in [-0.3, -0.25) is 4.90 Å². The van der Waals surface area contributed by atoms with Crippen LogP contribution in [-0.2, 0) is 4.74 Å². The van der Waals surface area contributed by atoms with Gasteiger partial charge < -0.3 is 9.47 Å². The van der Waals surface area contributed by atoms with Crippen molar-refractivity contribution in [2.24, 2.45) is 0 Å². The van der Waals surface area contributed by atoms with Crippen molar-refractivity contribution in [3.05, 3.63) is 30.1 Å². The van der Waals surface area contributed by atoms with Gasteiger partial charge in [-0.2, -0.15) is 0 Å². The van der Waals surface area contributed by atoms with E-state index < -0.39 is 0 Å². The summed E-state index contributed by atoms with van der Waals surface area (Å²) in [4.78, 5) is 2.32. The zero-order chi connectivity index (χ0) is 12.1. The van der Waals surface area contributed by atoms with E-state index in [2.05, 4.69) is 11.8 Å². The zero-order valence-corrected chi connectivity index (χ0v) is 10.1. The molecule has 1 aromatic carbocycles. The molecule has 0 saturated carbocycles. The minimum absolute atomic E-state index is 0.237. The van der Waals surface area contributed by atoms with E-state index in [1.165, 1.54) is 12.1 Å². The first kappa shape index (κ1) is 12.3. The fourth-order valence-corrected chi connectivity index (χ4v) is 1.92. The molecule has 1 atom stereocenters. The van der Waals surface area contributed by atoms with Crippen molar-refractivity contribution in [1.82, 2.24) is 4.90 Å². The van der Waals surface area contributed by atoms with E-state index in [4.69, 9.17) is 9.47 Å². The molecule has 94 valence electrons. The Hall–Kier alpha value is -1.13. The number of ether oxygens (including phenoxy) is 2. The van der Waals surface area contributed by atoms with Gasteiger partial charge in [-0.05, 0) is 31.2 Å². The van der Waals surface area contributed by atoms with Gasteiger partial charge in [0, 0.05) is 19.6 Å². The summed E-state index contributed by atoms with van der Waals surface area (Å²) in [5.74, 6) is 0.479. The molecule has 0 bridgehead atoms. The molecule has 4 heteroatoms. The van der Waals surface area contributed by atoms with Crippen LogP contribution in [0.2, 0.25) is 0 Å². The molecule has 0 aromatic heterocycles. The first-order chi connectivity index (χ1) is 8.24. The van der Waals surface area contributed by atoms with Gasteiger partial charge in [0.25, 0.3) is 0 Å². The van der Waals surface area contributed by atoms with Gasteiger partial charge in [0.05, 0.1) is 12.7 Å². The van der Waals surface area contributed by atoms with Crippen LogP contribution >= 0.6 is 0 Å². The second-order valence-corrected chi connectivity index (χ2v) is 4.28. The fraction of sp³-hybridized carbons (Fsp3) is 0.538. The van der Waals surface area contributed by atoms with Crippen LogP contribution in [0, 0.1) is 5.82 Å². The standard InChI is InChI=1S/C13H18FNO2/c1-11-10-15(6-8-16-11)7-9-17-13-4-2-12(14)3-5-13/h2-5,11H,6-10H2,1H3/t11-/m0/s1. The summed E-state index contributed by atoms with van der Waals surface area (Å²) in [6.07, 6.45) is 0.301. The number of nitrogens with zero attached hydrogens (tertiary/aromatic N) is 1. The summed E-state index contributed by atoms with van der Waals surface area (Å²) < 4.78 is 23.7. The Morgan fingerprint density at radius 1 is 1.41 bits per heavy atom. The van der Waals surface area contributed by atoms with Crippen molar-refractivity contribution < 1.29 is 13.9 Å². The molecule has 17 heavy (non-hydrogen) atoms. The Balaban J connectivity index is 1.70. The third kappa shape index (κ3) is 3.98. The Bertz CT molecular complexity index is 342. The Morgan fingerprint density at radius 3 is 2.88 bits per heavy atom. The normalized spacial score (nSPS) is 21.4. The number of benzene rings is 1. The molecule has 3 nitrogen and oxygen atoms in total. The van der Waals surface area contributed by atoms with Gasteiger partial charge in [-0.25, -0.2) is 4.39 Å². The summed E-state index contributed by atoms with van der Waals surface area (Å²) in [6.45, 7) is 6.28. The molecular formula is C13H18FNO2. The van der Waals surface area contributed by atoms with Gasteiger partial charge in [0.1, 0.15) is 18.2 Å². The summed E-state index contributed by atoms with van der Waals surface area (Å²) in [5, 5.41) is 0. The average Bonchev–Trinajstić information content (AvgIpc) is 2.32. The maximum Gasteiger partial charge on any atom is 0.123 e. The first-order valence-electron chi connectivity index (χ1n) is 5.96. The molecule has 0 aliphatic carbocycles. The summed E-state index contributed by atoms with van der Waals surface area (Å²) in [6, 6.07) is 6.12. The predicted molar refractivity (Wildman–Crippen MR) is 63.7 cm³/mol. The van der Waals surface area contributed by atoms with E-state index >= 15 is 0 Å².